The molecule has 0 spiro atoms. The van der Waals surface area contributed by atoms with Crippen LogP contribution in [-0.2, 0) is 11.3 Å². The van der Waals surface area contributed by atoms with Crippen LogP contribution >= 0.6 is 0 Å². The molecule has 1 N–H and O–H groups in total. The number of carbonyl (C=O) groups is 1. The van der Waals surface area contributed by atoms with Crippen LogP contribution in [0.25, 0.3) is 22.3 Å². The zero-order chi connectivity index (χ0) is 22.9. The van der Waals surface area contributed by atoms with Crippen molar-refractivity contribution in [2.75, 3.05) is 13.1 Å². The van der Waals surface area contributed by atoms with Crippen LogP contribution in [0.4, 0.5) is 4.39 Å². The SMILES string of the molecule is CCC(c1ccccc1)c1ccc2oc(-c3ccc(CN4CC(C(=O)O)C4)c(F)c3)cc2c1. The van der Waals surface area contributed by atoms with E-state index >= 15 is 0 Å². The molecule has 1 aliphatic heterocycles. The maximum absolute atomic E-state index is 14.8. The van der Waals surface area contributed by atoms with Crippen molar-refractivity contribution < 1.29 is 18.7 Å². The fourth-order valence-corrected chi connectivity index (χ4v) is 4.69. The Morgan fingerprint density at radius 2 is 1.85 bits per heavy atom. The number of hydrogen-bond donors (Lipinski definition) is 1. The molecule has 1 unspecified atom stereocenters. The fraction of sp³-hybridized carbons (Fsp3) is 0.250. The van der Waals surface area contributed by atoms with Crippen LogP contribution in [0, 0.1) is 11.7 Å². The van der Waals surface area contributed by atoms with Crippen LogP contribution in [-0.4, -0.2) is 29.1 Å². The minimum atomic E-state index is -0.788. The van der Waals surface area contributed by atoms with Crippen molar-refractivity contribution in [1.82, 2.24) is 4.90 Å². The second-order valence-electron chi connectivity index (χ2n) is 8.81. The molecule has 1 aromatic heterocycles. The van der Waals surface area contributed by atoms with Crippen LogP contribution in [0.1, 0.15) is 36.0 Å². The van der Waals surface area contributed by atoms with E-state index in [0.29, 0.717) is 42.4 Å². The first-order valence-electron chi connectivity index (χ1n) is 11.3. The van der Waals surface area contributed by atoms with Crippen molar-refractivity contribution in [3.05, 3.63) is 95.3 Å². The van der Waals surface area contributed by atoms with Crippen LogP contribution in [0.5, 0.6) is 0 Å². The number of furan rings is 1. The summed E-state index contributed by atoms with van der Waals surface area (Å²) in [6, 6.07) is 23.8. The highest BCUT2D eigenvalue weighted by Crippen LogP contribution is 2.34. The van der Waals surface area contributed by atoms with Gasteiger partial charge < -0.3 is 9.52 Å². The Morgan fingerprint density at radius 3 is 2.55 bits per heavy atom. The van der Waals surface area contributed by atoms with Gasteiger partial charge in [0.05, 0.1) is 5.92 Å². The fourth-order valence-electron chi connectivity index (χ4n) is 4.69. The number of rotatable bonds is 7. The Balaban J connectivity index is 1.37. The van der Waals surface area contributed by atoms with Gasteiger partial charge in [0.25, 0.3) is 0 Å². The lowest BCUT2D eigenvalue weighted by molar-refractivity contribution is -0.147. The Morgan fingerprint density at radius 1 is 1.06 bits per heavy atom. The number of halogens is 1. The quantitative estimate of drug-likeness (QED) is 0.364. The van der Waals surface area contributed by atoms with Crippen molar-refractivity contribution in [3.63, 3.8) is 0 Å². The maximum Gasteiger partial charge on any atom is 0.309 e. The topological polar surface area (TPSA) is 53.7 Å². The average Bonchev–Trinajstić information content (AvgIpc) is 3.21. The lowest BCUT2D eigenvalue weighted by Gasteiger charge is -2.36. The van der Waals surface area contributed by atoms with E-state index in [2.05, 4.69) is 43.3 Å². The summed E-state index contributed by atoms with van der Waals surface area (Å²) in [7, 11) is 0. The third kappa shape index (κ3) is 4.29. The first-order chi connectivity index (χ1) is 16.0. The molecule has 0 saturated carbocycles. The van der Waals surface area contributed by atoms with Gasteiger partial charge in [0, 0.05) is 42.1 Å². The van der Waals surface area contributed by atoms with E-state index in [1.165, 1.54) is 17.2 Å². The maximum atomic E-state index is 14.8. The minimum Gasteiger partial charge on any atom is -0.481 e. The van der Waals surface area contributed by atoms with E-state index in [9.17, 15) is 9.18 Å². The lowest BCUT2D eigenvalue weighted by Crippen LogP contribution is -2.49. The van der Waals surface area contributed by atoms with Crippen molar-refractivity contribution in [2.24, 2.45) is 5.92 Å². The predicted molar refractivity (Wildman–Crippen MR) is 127 cm³/mol. The minimum absolute atomic E-state index is 0.303. The summed E-state index contributed by atoms with van der Waals surface area (Å²) in [5.41, 5.74) is 4.56. The van der Waals surface area contributed by atoms with Crippen molar-refractivity contribution in [2.45, 2.75) is 25.8 Å². The van der Waals surface area contributed by atoms with Crippen molar-refractivity contribution in [1.29, 1.82) is 0 Å². The molecule has 4 aromatic rings. The molecule has 0 aliphatic carbocycles. The molecule has 5 heteroatoms. The first-order valence-corrected chi connectivity index (χ1v) is 11.3. The standard InChI is InChI=1S/C28H26FNO3/c1-2-24(18-6-4-3-5-7-18)19-10-11-26-22(12-19)14-27(33-26)20-8-9-21(25(29)13-20)15-30-16-23(17-30)28(31)32/h3-14,23-24H,2,15-17H2,1H3,(H,31,32). The second kappa shape index (κ2) is 8.83. The summed E-state index contributed by atoms with van der Waals surface area (Å²) in [4.78, 5) is 12.9. The summed E-state index contributed by atoms with van der Waals surface area (Å²) in [5, 5.41) is 10.0. The number of hydrogen-bond acceptors (Lipinski definition) is 3. The summed E-state index contributed by atoms with van der Waals surface area (Å²) in [6.45, 7) is 3.53. The normalized spacial score (nSPS) is 15.5. The molecule has 0 bridgehead atoms. The zero-order valence-corrected chi connectivity index (χ0v) is 18.5. The molecule has 0 radical (unpaired) electrons. The highest BCUT2D eigenvalue weighted by atomic mass is 19.1. The summed E-state index contributed by atoms with van der Waals surface area (Å²) >= 11 is 0. The van der Waals surface area contributed by atoms with E-state index in [4.69, 9.17) is 9.52 Å². The van der Waals surface area contributed by atoms with Gasteiger partial charge in [-0.25, -0.2) is 4.39 Å². The van der Waals surface area contributed by atoms with E-state index in [0.717, 1.165) is 17.4 Å². The molecule has 33 heavy (non-hydrogen) atoms. The second-order valence-corrected chi connectivity index (χ2v) is 8.81. The highest BCUT2D eigenvalue weighted by Gasteiger charge is 2.32. The molecule has 1 fully saturated rings. The number of benzene rings is 3. The largest absolute Gasteiger partial charge is 0.481 e. The van der Waals surface area contributed by atoms with Gasteiger partial charge in [-0.15, -0.1) is 0 Å². The molecule has 5 rings (SSSR count). The molecule has 2 heterocycles. The zero-order valence-electron chi connectivity index (χ0n) is 18.5. The highest BCUT2D eigenvalue weighted by molar-refractivity contribution is 5.83. The Labute approximate surface area is 192 Å². The Hall–Kier alpha value is -3.44. The third-order valence-corrected chi connectivity index (χ3v) is 6.59. The predicted octanol–water partition coefficient (Wildman–Crippen LogP) is 6.30. The van der Waals surface area contributed by atoms with Gasteiger partial charge in [-0.05, 0) is 41.8 Å². The molecular weight excluding hydrogens is 417 g/mol. The van der Waals surface area contributed by atoms with Gasteiger partial charge in [0.1, 0.15) is 17.2 Å². The molecule has 1 saturated heterocycles. The number of carboxylic acids is 1. The van der Waals surface area contributed by atoms with Gasteiger partial charge in [-0.1, -0.05) is 55.5 Å². The molecular formula is C28H26FNO3. The number of likely N-dealkylation sites (tertiary alicyclic amines) is 1. The first kappa shape index (κ1) is 21.4. The van der Waals surface area contributed by atoms with Gasteiger partial charge in [-0.3, -0.25) is 9.69 Å². The molecule has 168 valence electrons. The van der Waals surface area contributed by atoms with Crippen LogP contribution in [0.2, 0.25) is 0 Å². The monoisotopic (exact) mass is 443 g/mol. The van der Waals surface area contributed by atoms with Crippen LogP contribution in [0.15, 0.2) is 77.2 Å². The molecule has 0 amide bonds. The Kier molecular flexibility index (Phi) is 5.73. The van der Waals surface area contributed by atoms with E-state index in [1.807, 2.05) is 29.2 Å². The van der Waals surface area contributed by atoms with Crippen molar-refractivity contribution in [3.8, 4) is 11.3 Å². The molecule has 4 nitrogen and oxygen atoms in total. The smallest absolute Gasteiger partial charge is 0.309 e. The van der Waals surface area contributed by atoms with Gasteiger partial charge in [0.2, 0.25) is 0 Å². The Bertz CT molecular complexity index is 1290. The van der Waals surface area contributed by atoms with Crippen LogP contribution < -0.4 is 0 Å². The van der Waals surface area contributed by atoms with E-state index in [-0.39, 0.29) is 11.7 Å². The van der Waals surface area contributed by atoms with Crippen molar-refractivity contribution >= 4 is 16.9 Å². The van der Waals surface area contributed by atoms with Crippen LogP contribution in [0.3, 0.4) is 0 Å². The number of nitrogens with zero attached hydrogens (tertiary/aromatic N) is 1. The molecule has 1 atom stereocenters. The number of fused-ring (bicyclic) bond motifs is 1. The van der Waals surface area contributed by atoms with Gasteiger partial charge >= 0.3 is 5.97 Å². The lowest BCUT2D eigenvalue weighted by atomic mass is 9.89. The molecule has 3 aromatic carbocycles. The average molecular weight is 444 g/mol. The summed E-state index contributed by atoms with van der Waals surface area (Å²) in [6.07, 6.45) is 0.997. The van der Waals surface area contributed by atoms with Gasteiger partial charge in [0.15, 0.2) is 0 Å². The number of aliphatic carboxylic acids is 1. The van der Waals surface area contributed by atoms with E-state index < -0.39 is 5.97 Å². The van der Waals surface area contributed by atoms with Gasteiger partial charge in [-0.2, -0.15) is 0 Å². The third-order valence-electron chi connectivity index (χ3n) is 6.59. The summed E-state index contributed by atoms with van der Waals surface area (Å²) in [5.74, 6) is -0.489. The number of carboxylic acid groups (broad SMARTS) is 1. The van der Waals surface area contributed by atoms with E-state index in [1.54, 1.807) is 6.07 Å². The summed E-state index contributed by atoms with van der Waals surface area (Å²) < 4.78 is 20.8. The molecule has 1 aliphatic rings.